The number of ether oxygens (including phenoxy) is 1. The van der Waals surface area contributed by atoms with Crippen molar-refractivity contribution in [1.29, 1.82) is 0 Å². The summed E-state index contributed by atoms with van der Waals surface area (Å²) in [6.07, 6.45) is 5.24. The molecule has 3 fully saturated rings. The zero-order valence-corrected chi connectivity index (χ0v) is 19.6. The standard InChI is InChI=1S/C24H29F2N4O2P/c25-24(26,33)20-14-19(15-27-21(20)29-10-12-32-13-11-29)30-16-23(28-22(30)31)8-6-18(7-9-23)17-4-2-1-3-5-17/h1-5,14-15,18H,6-13,16,33H2,(H,28,31)/t18-,23+. The van der Waals surface area contributed by atoms with Crippen molar-refractivity contribution in [1.82, 2.24) is 10.3 Å². The van der Waals surface area contributed by atoms with Crippen LogP contribution in [0, 0.1) is 0 Å². The van der Waals surface area contributed by atoms with Crippen LogP contribution in [-0.4, -0.2) is 49.4 Å². The highest BCUT2D eigenvalue weighted by Crippen LogP contribution is 2.44. The number of urea groups is 1. The summed E-state index contributed by atoms with van der Waals surface area (Å²) in [7, 11) is 1.61. The molecule has 6 nitrogen and oxygen atoms in total. The Labute approximate surface area is 194 Å². The number of hydrogen-bond donors (Lipinski definition) is 1. The van der Waals surface area contributed by atoms with Crippen molar-refractivity contribution in [3.63, 3.8) is 0 Å². The Morgan fingerprint density at radius 1 is 1.15 bits per heavy atom. The van der Waals surface area contributed by atoms with E-state index >= 15 is 0 Å². The van der Waals surface area contributed by atoms with Crippen LogP contribution in [0.5, 0.6) is 0 Å². The fraction of sp³-hybridized carbons (Fsp3) is 0.500. The number of anilines is 2. The number of hydrogen-bond acceptors (Lipinski definition) is 4. The quantitative estimate of drug-likeness (QED) is 0.665. The number of benzene rings is 1. The lowest BCUT2D eigenvalue weighted by Gasteiger charge is -2.36. The molecule has 1 N–H and O–H groups in total. The molecule has 1 spiro atoms. The summed E-state index contributed by atoms with van der Waals surface area (Å²) in [5.74, 6) is 0.736. The Morgan fingerprint density at radius 2 is 1.85 bits per heavy atom. The van der Waals surface area contributed by atoms with Gasteiger partial charge in [0.15, 0.2) is 0 Å². The van der Waals surface area contributed by atoms with Crippen LogP contribution in [0.1, 0.15) is 42.7 Å². The van der Waals surface area contributed by atoms with E-state index in [0.29, 0.717) is 44.5 Å². The molecular weight excluding hydrogens is 445 g/mol. The van der Waals surface area contributed by atoms with E-state index in [1.54, 1.807) is 20.3 Å². The molecule has 1 unspecified atom stereocenters. The fourth-order valence-electron chi connectivity index (χ4n) is 5.30. The first kappa shape index (κ1) is 22.5. The van der Waals surface area contributed by atoms with Crippen LogP contribution in [0.4, 0.5) is 25.1 Å². The largest absolute Gasteiger partial charge is 0.378 e. The summed E-state index contributed by atoms with van der Waals surface area (Å²) in [5.41, 5.74) is -1.92. The third-order valence-corrected chi connectivity index (χ3v) is 7.44. The first-order valence-electron chi connectivity index (χ1n) is 11.5. The van der Waals surface area contributed by atoms with Gasteiger partial charge in [-0.1, -0.05) is 39.6 Å². The minimum absolute atomic E-state index is 0.187. The predicted molar refractivity (Wildman–Crippen MR) is 127 cm³/mol. The molecule has 2 aliphatic heterocycles. The molecule has 1 saturated carbocycles. The highest BCUT2D eigenvalue weighted by atomic mass is 31.0. The number of aromatic nitrogens is 1. The molecular formula is C24H29F2N4O2P. The first-order valence-corrected chi connectivity index (χ1v) is 12.1. The number of pyridine rings is 1. The Hall–Kier alpha value is -2.31. The zero-order chi connectivity index (χ0) is 23.1. The van der Waals surface area contributed by atoms with E-state index < -0.39 is 5.66 Å². The van der Waals surface area contributed by atoms with Gasteiger partial charge >= 0.3 is 6.03 Å². The van der Waals surface area contributed by atoms with Gasteiger partial charge in [-0.05, 0) is 43.2 Å². The fourth-order valence-corrected chi connectivity index (χ4v) is 5.51. The van der Waals surface area contributed by atoms with Gasteiger partial charge < -0.3 is 15.0 Å². The summed E-state index contributed by atoms with van der Waals surface area (Å²) in [5, 5.41) is 3.17. The second-order valence-corrected chi connectivity index (χ2v) is 9.99. The third-order valence-electron chi connectivity index (χ3n) is 7.13. The second-order valence-electron chi connectivity index (χ2n) is 9.27. The van der Waals surface area contributed by atoms with E-state index in [2.05, 4.69) is 34.6 Å². The van der Waals surface area contributed by atoms with E-state index in [4.69, 9.17) is 4.74 Å². The molecule has 2 aromatic rings. The second kappa shape index (κ2) is 8.80. The van der Waals surface area contributed by atoms with E-state index in [1.807, 2.05) is 11.0 Å². The van der Waals surface area contributed by atoms with Gasteiger partial charge in [0.1, 0.15) is 5.82 Å². The molecule has 2 amide bonds. The summed E-state index contributed by atoms with van der Waals surface area (Å²) >= 11 is 0. The van der Waals surface area contributed by atoms with Crippen LogP contribution in [0.2, 0.25) is 0 Å². The predicted octanol–water partition coefficient (Wildman–Crippen LogP) is 4.47. The molecule has 5 rings (SSSR count). The number of nitrogens with zero attached hydrogens (tertiary/aromatic N) is 3. The van der Waals surface area contributed by atoms with Crippen molar-refractivity contribution < 1.29 is 18.3 Å². The molecule has 1 aliphatic carbocycles. The normalized spacial score (nSPS) is 26.0. The van der Waals surface area contributed by atoms with E-state index in [9.17, 15) is 13.6 Å². The number of rotatable bonds is 4. The Kier molecular flexibility index (Phi) is 6.00. The van der Waals surface area contributed by atoms with Crippen molar-refractivity contribution in [3.05, 3.63) is 53.7 Å². The molecule has 3 heterocycles. The number of carbonyl (C=O) groups is 1. The molecule has 3 aliphatic rings. The maximum atomic E-state index is 14.5. The summed E-state index contributed by atoms with van der Waals surface area (Å²) in [4.78, 5) is 20.7. The van der Waals surface area contributed by atoms with Gasteiger partial charge in [-0.15, -0.1) is 0 Å². The molecule has 9 heteroatoms. The van der Waals surface area contributed by atoms with Gasteiger partial charge in [-0.2, -0.15) is 8.78 Å². The van der Waals surface area contributed by atoms with E-state index in [1.165, 1.54) is 11.6 Å². The van der Waals surface area contributed by atoms with Gasteiger partial charge in [0.05, 0.1) is 42.7 Å². The highest BCUT2D eigenvalue weighted by molar-refractivity contribution is 7.17. The highest BCUT2D eigenvalue weighted by Gasteiger charge is 2.46. The zero-order valence-electron chi connectivity index (χ0n) is 18.5. The van der Waals surface area contributed by atoms with Crippen LogP contribution < -0.4 is 15.1 Å². The summed E-state index contributed by atoms with van der Waals surface area (Å²) < 4.78 is 34.4. The average Bonchev–Trinajstić information content (AvgIpc) is 3.15. The van der Waals surface area contributed by atoms with Crippen molar-refractivity contribution in [2.24, 2.45) is 0 Å². The lowest BCUT2D eigenvalue weighted by atomic mass is 9.74. The molecule has 0 bridgehead atoms. The molecule has 33 heavy (non-hydrogen) atoms. The number of halogens is 2. The SMILES string of the molecule is O=C1N[C@]2(CC[C@@H](c3ccccc3)CC2)CN1c1cnc(N2CCOCC2)c(C(F)(F)P)c1. The topological polar surface area (TPSA) is 57.7 Å². The molecule has 1 aromatic carbocycles. The van der Waals surface area contributed by atoms with Crippen molar-refractivity contribution >= 4 is 26.8 Å². The average molecular weight is 474 g/mol. The Morgan fingerprint density at radius 3 is 2.52 bits per heavy atom. The van der Waals surface area contributed by atoms with Crippen LogP contribution >= 0.6 is 9.24 Å². The number of amides is 2. The van der Waals surface area contributed by atoms with Crippen LogP contribution in [0.3, 0.4) is 0 Å². The van der Waals surface area contributed by atoms with Crippen molar-refractivity contribution in [3.8, 4) is 0 Å². The van der Waals surface area contributed by atoms with Gasteiger partial charge in [0.2, 0.25) is 0 Å². The monoisotopic (exact) mass is 474 g/mol. The number of alkyl halides is 2. The van der Waals surface area contributed by atoms with Crippen LogP contribution in [0.25, 0.3) is 0 Å². The maximum Gasteiger partial charge on any atom is 0.322 e. The third kappa shape index (κ3) is 4.56. The maximum absolute atomic E-state index is 14.5. The first-order chi connectivity index (χ1) is 15.8. The van der Waals surface area contributed by atoms with Crippen LogP contribution in [0.15, 0.2) is 42.6 Å². The molecule has 1 atom stereocenters. The summed E-state index contributed by atoms with van der Waals surface area (Å²) in [6.45, 7) is 2.44. The van der Waals surface area contributed by atoms with Crippen molar-refractivity contribution in [2.45, 2.75) is 42.8 Å². The Balaban J connectivity index is 1.35. The smallest absolute Gasteiger partial charge is 0.322 e. The molecule has 1 aromatic heterocycles. The number of carbonyl (C=O) groups excluding carboxylic acids is 1. The van der Waals surface area contributed by atoms with E-state index in [-0.39, 0.29) is 23.0 Å². The van der Waals surface area contributed by atoms with E-state index in [0.717, 1.165) is 25.7 Å². The lowest BCUT2D eigenvalue weighted by Crippen LogP contribution is -2.46. The van der Waals surface area contributed by atoms with Gasteiger partial charge in [-0.3, -0.25) is 4.90 Å². The van der Waals surface area contributed by atoms with Crippen LogP contribution in [-0.2, 0) is 10.4 Å². The van der Waals surface area contributed by atoms with Gasteiger partial charge in [0.25, 0.3) is 5.66 Å². The minimum atomic E-state index is -3.15. The number of nitrogens with one attached hydrogen (secondary N) is 1. The lowest BCUT2D eigenvalue weighted by molar-refractivity contribution is 0.101. The molecule has 0 radical (unpaired) electrons. The molecule has 176 valence electrons. The van der Waals surface area contributed by atoms with Gasteiger partial charge in [0, 0.05) is 13.1 Å². The molecule has 2 saturated heterocycles. The van der Waals surface area contributed by atoms with Gasteiger partial charge in [-0.25, -0.2) is 9.78 Å². The van der Waals surface area contributed by atoms with Crippen molar-refractivity contribution in [2.75, 3.05) is 42.6 Å². The summed E-state index contributed by atoms with van der Waals surface area (Å²) in [6, 6.07) is 11.6. The minimum Gasteiger partial charge on any atom is -0.378 e. The Bertz CT molecular complexity index is 1000. The number of morpholine rings is 1.